The summed E-state index contributed by atoms with van der Waals surface area (Å²) in [6, 6.07) is 10.8. The molecule has 114 valence electrons. The molecule has 0 saturated carbocycles. The lowest BCUT2D eigenvalue weighted by atomic mass is 10.1. The lowest BCUT2D eigenvalue weighted by Gasteiger charge is -2.07. The molecule has 2 aromatic rings. The lowest BCUT2D eigenvalue weighted by molar-refractivity contribution is -0.384. The van der Waals surface area contributed by atoms with Crippen LogP contribution in [-0.4, -0.2) is 10.8 Å². The normalized spacial score (nSPS) is 10.3. The minimum Gasteiger partial charge on any atom is -0.323 e. The van der Waals surface area contributed by atoms with Crippen molar-refractivity contribution in [3.05, 3.63) is 69.5 Å². The smallest absolute Gasteiger partial charge is 0.271 e. The van der Waals surface area contributed by atoms with Crippen molar-refractivity contribution in [2.24, 2.45) is 0 Å². The van der Waals surface area contributed by atoms with Crippen molar-refractivity contribution in [1.29, 1.82) is 0 Å². The van der Waals surface area contributed by atoms with E-state index in [1.165, 1.54) is 0 Å². The molecule has 0 aliphatic heterocycles. The Labute approximate surface area is 126 Å². The van der Waals surface area contributed by atoms with Gasteiger partial charge in [-0.25, -0.2) is 4.39 Å². The molecular weight excluding hydrogens is 287 g/mol. The van der Waals surface area contributed by atoms with E-state index in [1.807, 2.05) is 31.2 Å². The van der Waals surface area contributed by atoms with Gasteiger partial charge in [-0.1, -0.05) is 29.8 Å². The van der Waals surface area contributed by atoms with Crippen molar-refractivity contribution < 1.29 is 14.1 Å². The Morgan fingerprint density at radius 3 is 2.73 bits per heavy atom. The van der Waals surface area contributed by atoms with Crippen LogP contribution in [0.3, 0.4) is 0 Å². The Morgan fingerprint density at radius 2 is 2.05 bits per heavy atom. The highest BCUT2D eigenvalue weighted by Gasteiger charge is 2.13. The van der Waals surface area contributed by atoms with Crippen LogP contribution in [0, 0.1) is 22.9 Å². The van der Waals surface area contributed by atoms with Gasteiger partial charge in [0.15, 0.2) is 0 Å². The number of benzene rings is 2. The van der Waals surface area contributed by atoms with E-state index in [1.54, 1.807) is 0 Å². The molecule has 5 nitrogen and oxygen atoms in total. The van der Waals surface area contributed by atoms with Crippen LogP contribution >= 0.6 is 0 Å². The minimum atomic E-state index is -0.700. The third-order valence-electron chi connectivity index (χ3n) is 3.16. The monoisotopic (exact) mass is 302 g/mol. The predicted octanol–water partition coefficient (Wildman–Crippen LogP) is 3.61. The number of rotatable bonds is 5. The van der Waals surface area contributed by atoms with Gasteiger partial charge < -0.3 is 5.32 Å². The van der Waals surface area contributed by atoms with Crippen LogP contribution in [0.4, 0.5) is 15.8 Å². The molecule has 0 spiro atoms. The first kappa shape index (κ1) is 15.6. The number of carbonyl (C=O) groups excluding carboxylic acids is 1. The number of hydrogen-bond acceptors (Lipinski definition) is 3. The number of nitrogens with zero attached hydrogens (tertiary/aromatic N) is 1. The summed E-state index contributed by atoms with van der Waals surface area (Å²) in [5.74, 6) is -1.09. The largest absolute Gasteiger partial charge is 0.323 e. The Kier molecular flexibility index (Phi) is 4.83. The average molecular weight is 302 g/mol. The summed E-state index contributed by atoms with van der Waals surface area (Å²) in [6.07, 6.45) is 0.690. The van der Waals surface area contributed by atoms with Crippen LogP contribution in [0.25, 0.3) is 0 Å². The summed E-state index contributed by atoms with van der Waals surface area (Å²) < 4.78 is 13.6. The molecule has 0 saturated heterocycles. The summed E-state index contributed by atoms with van der Waals surface area (Å²) in [7, 11) is 0. The van der Waals surface area contributed by atoms with Crippen LogP contribution in [0.2, 0.25) is 0 Å². The number of anilines is 1. The summed E-state index contributed by atoms with van der Waals surface area (Å²) >= 11 is 0. The molecule has 0 aliphatic rings. The van der Waals surface area contributed by atoms with Crippen molar-refractivity contribution in [2.45, 2.75) is 19.8 Å². The van der Waals surface area contributed by atoms with E-state index in [-0.39, 0.29) is 23.7 Å². The average Bonchev–Trinajstić information content (AvgIpc) is 2.47. The van der Waals surface area contributed by atoms with E-state index >= 15 is 0 Å². The van der Waals surface area contributed by atoms with Gasteiger partial charge in [-0.3, -0.25) is 14.9 Å². The second kappa shape index (κ2) is 6.80. The molecule has 1 N–H and O–H groups in total. The number of hydrogen-bond donors (Lipinski definition) is 1. The maximum absolute atomic E-state index is 13.6. The van der Waals surface area contributed by atoms with E-state index < -0.39 is 10.7 Å². The number of nitrogens with one attached hydrogen (secondary N) is 1. The lowest BCUT2D eigenvalue weighted by Crippen LogP contribution is -2.13. The topological polar surface area (TPSA) is 72.2 Å². The van der Waals surface area contributed by atoms with Crippen molar-refractivity contribution in [3.63, 3.8) is 0 Å². The fourth-order valence-electron chi connectivity index (χ4n) is 2.06. The summed E-state index contributed by atoms with van der Waals surface area (Å²) in [6.45, 7) is 1.96. The molecule has 2 rings (SSSR count). The van der Waals surface area contributed by atoms with Gasteiger partial charge >= 0.3 is 0 Å². The van der Waals surface area contributed by atoms with E-state index in [2.05, 4.69) is 5.32 Å². The third kappa shape index (κ3) is 4.12. The third-order valence-corrected chi connectivity index (χ3v) is 3.16. The number of amides is 1. The van der Waals surface area contributed by atoms with E-state index in [0.717, 1.165) is 29.3 Å². The highest BCUT2D eigenvalue weighted by atomic mass is 19.1. The first-order valence-electron chi connectivity index (χ1n) is 6.75. The van der Waals surface area contributed by atoms with Gasteiger partial charge in [0, 0.05) is 18.6 Å². The molecule has 0 fully saturated rings. The molecule has 0 bridgehead atoms. The molecule has 2 aromatic carbocycles. The number of aryl methyl sites for hydroxylation is 2. The number of nitro benzene ring substituents is 1. The van der Waals surface area contributed by atoms with Gasteiger partial charge in [0.2, 0.25) is 5.91 Å². The molecule has 0 aromatic heterocycles. The second-order valence-electron chi connectivity index (χ2n) is 4.96. The number of carbonyl (C=O) groups is 1. The zero-order valence-electron chi connectivity index (χ0n) is 12.0. The van der Waals surface area contributed by atoms with Gasteiger partial charge in [-0.15, -0.1) is 0 Å². The molecule has 6 heteroatoms. The maximum atomic E-state index is 13.6. The first-order valence-corrected chi connectivity index (χ1v) is 6.75. The van der Waals surface area contributed by atoms with Gasteiger partial charge in [0.25, 0.3) is 5.69 Å². The van der Waals surface area contributed by atoms with Gasteiger partial charge in [-0.2, -0.15) is 0 Å². The SMILES string of the molecule is Cc1cccc(CCC(=O)Nc2cc([N+](=O)[O-])ccc2F)c1. The molecule has 0 atom stereocenters. The number of nitro groups is 1. The Morgan fingerprint density at radius 1 is 1.27 bits per heavy atom. The van der Waals surface area contributed by atoms with E-state index in [9.17, 15) is 19.3 Å². The molecule has 1 amide bonds. The number of non-ortho nitro benzene ring substituents is 1. The summed E-state index contributed by atoms with van der Waals surface area (Å²) in [5, 5.41) is 13.0. The van der Waals surface area contributed by atoms with Crippen molar-refractivity contribution in [1.82, 2.24) is 0 Å². The Bertz CT molecular complexity index is 716. The van der Waals surface area contributed by atoms with Crippen LogP contribution in [0.1, 0.15) is 17.5 Å². The zero-order chi connectivity index (χ0) is 16.1. The van der Waals surface area contributed by atoms with Crippen LogP contribution in [0.15, 0.2) is 42.5 Å². The van der Waals surface area contributed by atoms with E-state index in [0.29, 0.717) is 6.42 Å². The van der Waals surface area contributed by atoms with Gasteiger partial charge in [0.1, 0.15) is 5.82 Å². The molecule has 0 radical (unpaired) electrons. The molecule has 0 unspecified atom stereocenters. The standard InChI is InChI=1S/C16H15FN2O3/c1-11-3-2-4-12(9-11)5-8-16(20)18-15-10-13(19(21)22)6-7-14(15)17/h2-4,6-7,9-10H,5,8H2,1H3,(H,18,20). The molecule has 0 aliphatic carbocycles. The van der Waals surface area contributed by atoms with Crippen LogP contribution in [-0.2, 0) is 11.2 Å². The minimum absolute atomic E-state index is 0.172. The highest BCUT2D eigenvalue weighted by molar-refractivity contribution is 5.91. The highest BCUT2D eigenvalue weighted by Crippen LogP contribution is 2.21. The zero-order valence-corrected chi connectivity index (χ0v) is 12.0. The van der Waals surface area contributed by atoms with Crippen LogP contribution in [0.5, 0.6) is 0 Å². The van der Waals surface area contributed by atoms with Crippen molar-refractivity contribution in [2.75, 3.05) is 5.32 Å². The molecular formula is C16H15FN2O3. The quantitative estimate of drug-likeness (QED) is 0.677. The van der Waals surface area contributed by atoms with Crippen LogP contribution < -0.4 is 5.32 Å². The van der Waals surface area contributed by atoms with E-state index in [4.69, 9.17) is 0 Å². The van der Waals surface area contributed by atoms with Gasteiger partial charge in [0.05, 0.1) is 10.6 Å². The Hall–Kier alpha value is -2.76. The fraction of sp³-hybridized carbons (Fsp3) is 0.188. The molecule has 22 heavy (non-hydrogen) atoms. The van der Waals surface area contributed by atoms with Crippen molar-refractivity contribution >= 4 is 17.3 Å². The van der Waals surface area contributed by atoms with Crippen molar-refractivity contribution in [3.8, 4) is 0 Å². The summed E-state index contributed by atoms with van der Waals surface area (Å²) in [5.41, 5.74) is 1.66. The summed E-state index contributed by atoms with van der Waals surface area (Å²) in [4.78, 5) is 21.9. The molecule has 0 heterocycles. The number of halogens is 1. The maximum Gasteiger partial charge on any atom is 0.271 e. The Balaban J connectivity index is 2.00. The first-order chi connectivity index (χ1) is 10.5. The fourth-order valence-corrected chi connectivity index (χ4v) is 2.06. The second-order valence-corrected chi connectivity index (χ2v) is 4.96. The van der Waals surface area contributed by atoms with Gasteiger partial charge in [-0.05, 0) is 25.0 Å². The predicted molar refractivity (Wildman–Crippen MR) is 81.2 cm³/mol.